The summed E-state index contributed by atoms with van der Waals surface area (Å²) in [6.07, 6.45) is 6.36. The van der Waals surface area contributed by atoms with Crippen molar-refractivity contribution in [3.05, 3.63) is 33.4 Å². The van der Waals surface area contributed by atoms with Crippen molar-refractivity contribution in [1.29, 1.82) is 0 Å². The summed E-state index contributed by atoms with van der Waals surface area (Å²) in [7, 11) is 0. The molecule has 2 N–H and O–H groups in total. The second kappa shape index (κ2) is 6.00. The summed E-state index contributed by atoms with van der Waals surface area (Å²) in [5.74, 6) is 0.699. The van der Waals surface area contributed by atoms with E-state index < -0.39 is 5.54 Å². The fourth-order valence-electron chi connectivity index (χ4n) is 2.78. The molecule has 1 fully saturated rings. The molecular formula is C15H17FIN3O. The molecular weight excluding hydrogens is 384 g/mol. The maximum atomic E-state index is 13.2. The maximum Gasteiger partial charge on any atom is 0.259 e. The first-order valence-electron chi connectivity index (χ1n) is 7.17. The molecule has 0 aliphatic heterocycles. The molecule has 4 nitrogen and oxygen atoms in total. The Morgan fingerprint density at radius 3 is 2.57 bits per heavy atom. The molecule has 1 heterocycles. The molecule has 0 saturated heterocycles. The molecule has 0 atom stereocenters. The van der Waals surface area contributed by atoms with Crippen molar-refractivity contribution in [2.75, 3.05) is 0 Å². The Morgan fingerprint density at radius 2 is 1.90 bits per heavy atom. The normalized spacial score (nSPS) is 18.4. The van der Waals surface area contributed by atoms with E-state index in [0.717, 1.165) is 34.8 Å². The number of aromatic nitrogens is 2. The average Bonchev–Trinajstić information content (AvgIpc) is 2.83. The van der Waals surface area contributed by atoms with Crippen LogP contribution in [0.25, 0.3) is 11.5 Å². The summed E-state index contributed by atoms with van der Waals surface area (Å²) in [5.41, 5.74) is 6.73. The van der Waals surface area contributed by atoms with Gasteiger partial charge in [0.2, 0.25) is 0 Å². The van der Waals surface area contributed by atoms with Crippen molar-refractivity contribution in [2.24, 2.45) is 5.73 Å². The summed E-state index contributed by atoms with van der Waals surface area (Å²) in [4.78, 5) is 4.48. The molecule has 1 saturated carbocycles. The largest absolute Gasteiger partial charge is 0.334 e. The number of nitrogens with zero attached hydrogens (tertiary/aromatic N) is 2. The Kier molecular flexibility index (Phi) is 4.26. The Balaban J connectivity index is 1.92. The molecule has 21 heavy (non-hydrogen) atoms. The predicted octanol–water partition coefficient (Wildman–Crippen LogP) is 3.99. The van der Waals surface area contributed by atoms with Gasteiger partial charge < -0.3 is 10.3 Å². The fourth-order valence-corrected chi connectivity index (χ4v) is 3.49. The number of nitrogens with two attached hydrogens (primary N) is 1. The Labute approximate surface area is 136 Å². The van der Waals surface area contributed by atoms with E-state index in [0.29, 0.717) is 11.7 Å². The monoisotopic (exact) mass is 401 g/mol. The number of benzene rings is 1. The minimum absolute atomic E-state index is 0.276. The van der Waals surface area contributed by atoms with Crippen LogP contribution in [-0.4, -0.2) is 10.1 Å². The van der Waals surface area contributed by atoms with Gasteiger partial charge >= 0.3 is 0 Å². The first kappa shape index (κ1) is 14.9. The number of hydrogen-bond donors (Lipinski definition) is 1. The van der Waals surface area contributed by atoms with Crippen molar-refractivity contribution >= 4 is 22.6 Å². The Bertz CT molecular complexity index is 636. The molecule has 1 aliphatic carbocycles. The second-order valence-corrected chi connectivity index (χ2v) is 6.78. The molecule has 3 rings (SSSR count). The van der Waals surface area contributed by atoms with Crippen LogP contribution in [-0.2, 0) is 5.54 Å². The van der Waals surface area contributed by atoms with Crippen molar-refractivity contribution < 1.29 is 8.91 Å². The lowest BCUT2D eigenvalue weighted by Gasteiger charge is -2.23. The second-order valence-electron chi connectivity index (χ2n) is 5.62. The summed E-state index contributed by atoms with van der Waals surface area (Å²) < 4.78 is 19.3. The van der Waals surface area contributed by atoms with Crippen LogP contribution in [0, 0.1) is 9.39 Å². The van der Waals surface area contributed by atoms with Gasteiger partial charge in [0.25, 0.3) is 5.89 Å². The number of rotatable bonds is 2. The van der Waals surface area contributed by atoms with Crippen LogP contribution in [0.4, 0.5) is 4.39 Å². The summed E-state index contributed by atoms with van der Waals surface area (Å²) >= 11 is 2.06. The maximum absolute atomic E-state index is 13.2. The van der Waals surface area contributed by atoms with E-state index in [4.69, 9.17) is 10.3 Å². The highest BCUT2D eigenvalue weighted by Gasteiger charge is 2.33. The van der Waals surface area contributed by atoms with Gasteiger partial charge in [0, 0.05) is 3.57 Å². The van der Waals surface area contributed by atoms with E-state index in [-0.39, 0.29) is 5.82 Å². The summed E-state index contributed by atoms with van der Waals surface area (Å²) in [5, 5.41) is 4.09. The van der Waals surface area contributed by atoms with Crippen molar-refractivity contribution in [3.8, 4) is 11.5 Å². The van der Waals surface area contributed by atoms with Crippen LogP contribution in [0.15, 0.2) is 22.7 Å². The zero-order valence-electron chi connectivity index (χ0n) is 11.6. The lowest BCUT2D eigenvalue weighted by atomic mass is 9.91. The molecule has 1 aromatic carbocycles. The van der Waals surface area contributed by atoms with Crippen LogP contribution in [0.1, 0.15) is 44.3 Å². The molecule has 2 aromatic rings. The first-order chi connectivity index (χ1) is 10.1. The zero-order chi connectivity index (χ0) is 14.9. The van der Waals surface area contributed by atoms with Gasteiger partial charge in [-0.05, 0) is 53.6 Å². The SMILES string of the molecule is NC1(c2noc(-c3ccc(F)cc3I)n2)CCCCCC1. The highest BCUT2D eigenvalue weighted by atomic mass is 127. The van der Waals surface area contributed by atoms with Gasteiger partial charge in [-0.3, -0.25) is 0 Å². The predicted molar refractivity (Wildman–Crippen MR) is 86.0 cm³/mol. The summed E-state index contributed by atoms with van der Waals surface area (Å²) in [6, 6.07) is 4.50. The van der Waals surface area contributed by atoms with E-state index in [1.165, 1.54) is 25.0 Å². The van der Waals surface area contributed by atoms with Crippen LogP contribution < -0.4 is 5.73 Å². The average molecular weight is 401 g/mol. The first-order valence-corrected chi connectivity index (χ1v) is 8.25. The number of hydrogen-bond acceptors (Lipinski definition) is 4. The van der Waals surface area contributed by atoms with E-state index in [1.807, 2.05) is 0 Å². The van der Waals surface area contributed by atoms with Gasteiger partial charge in [0.05, 0.1) is 11.1 Å². The van der Waals surface area contributed by atoms with Gasteiger partial charge in [-0.25, -0.2) is 4.39 Å². The van der Waals surface area contributed by atoms with Gasteiger partial charge in [-0.1, -0.05) is 30.8 Å². The molecule has 6 heteroatoms. The highest BCUT2D eigenvalue weighted by molar-refractivity contribution is 14.1. The van der Waals surface area contributed by atoms with Crippen molar-refractivity contribution in [3.63, 3.8) is 0 Å². The topological polar surface area (TPSA) is 64.9 Å². The molecule has 0 radical (unpaired) electrons. The quantitative estimate of drug-likeness (QED) is 0.611. The third kappa shape index (κ3) is 3.11. The minimum Gasteiger partial charge on any atom is -0.334 e. The molecule has 1 aliphatic rings. The Morgan fingerprint density at radius 1 is 1.19 bits per heavy atom. The van der Waals surface area contributed by atoms with Crippen LogP contribution in [0.5, 0.6) is 0 Å². The highest BCUT2D eigenvalue weighted by Crippen LogP contribution is 2.33. The van der Waals surface area contributed by atoms with E-state index in [1.54, 1.807) is 6.07 Å². The van der Waals surface area contributed by atoms with Gasteiger partial charge in [-0.2, -0.15) is 4.98 Å². The number of halogens is 2. The minimum atomic E-state index is -0.496. The van der Waals surface area contributed by atoms with Gasteiger partial charge in [0.1, 0.15) is 5.82 Å². The third-order valence-electron chi connectivity index (χ3n) is 4.03. The van der Waals surface area contributed by atoms with Crippen LogP contribution in [0.2, 0.25) is 0 Å². The van der Waals surface area contributed by atoms with E-state index in [2.05, 4.69) is 32.7 Å². The summed E-state index contributed by atoms with van der Waals surface area (Å²) in [6.45, 7) is 0. The molecule has 0 unspecified atom stereocenters. The molecule has 112 valence electrons. The molecule has 0 spiro atoms. The van der Waals surface area contributed by atoms with Gasteiger partial charge in [-0.15, -0.1) is 0 Å². The van der Waals surface area contributed by atoms with E-state index in [9.17, 15) is 4.39 Å². The molecule has 0 amide bonds. The van der Waals surface area contributed by atoms with E-state index >= 15 is 0 Å². The van der Waals surface area contributed by atoms with Crippen LogP contribution in [0.3, 0.4) is 0 Å². The molecule has 1 aromatic heterocycles. The van der Waals surface area contributed by atoms with Crippen molar-refractivity contribution in [2.45, 2.75) is 44.1 Å². The molecule has 0 bridgehead atoms. The fraction of sp³-hybridized carbons (Fsp3) is 0.467. The Hall–Kier alpha value is -1.02. The third-order valence-corrected chi connectivity index (χ3v) is 4.92. The lowest BCUT2D eigenvalue weighted by molar-refractivity contribution is 0.334. The standard InChI is InChI=1S/C15H17FIN3O/c16-10-5-6-11(12(17)9-10)13-19-14(20-21-13)15(18)7-3-1-2-4-8-15/h5-6,9H,1-4,7-8,18H2. The van der Waals surface area contributed by atoms with Crippen molar-refractivity contribution in [1.82, 2.24) is 10.1 Å². The smallest absolute Gasteiger partial charge is 0.259 e. The zero-order valence-corrected chi connectivity index (χ0v) is 13.8. The lowest BCUT2D eigenvalue weighted by Crippen LogP contribution is -2.37. The van der Waals surface area contributed by atoms with Gasteiger partial charge in [0.15, 0.2) is 5.82 Å². The van der Waals surface area contributed by atoms with Crippen LogP contribution >= 0.6 is 22.6 Å².